The monoisotopic (exact) mass is 244 g/mol. The molecule has 90 valence electrons. The minimum Gasteiger partial charge on any atom is -0.131 e. The Bertz CT molecular complexity index is 433. The molecule has 1 aliphatic carbocycles. The Morgan fingerprint density at radius 3 is 2.88 bits per heavy atom. The van der Waals surface area contributed by atoms with E-state index in [1.165, 1.54) is 40.2 Å². The zero-order valence-electron chi connectivity index (χ0n) is 10.7. The molecule has 0 heterocycles. The quantitative estimate of drug-likeness (QED) is 0.697. The molecule has 1 aromatic rings. The third-order valence-electron chi connectivity index (χ3n) is 3.01. The lowest BCUT2D eigenvalue weighted by Crippen LogP contribution is -1.84. The van der Waals surface area contributed by atoms with Crippen LogP contribution < -0.4 is 0 Å². The number of fused-ring (bicyclic) bond motifs is 1. The Labute approximate surface area is 109 Å². The fourth-order valence-electron chi connectivity index (χ4n) is 2.24. The second kappa shape index (κ2) is 6.11. The SMILES string of the molecule is CCC/C(=C\C1=CCc2ccccc21)SCC. The highest BCUT2D eigenvalue weighted by atomic mass is 32.2. The summed E-state index contributed by atoms with van der Waals surface area (Å²) >= 11 is 1.98. The van der Waals surface area contributed by atoms with Gasteiger partial charge in [-0.1, -0.05) is 50.6 Å². The van der Waals surface area contributed by atoms with Gasteiger partial charge >= 0.3 is 0 Å². The van der Waals surface area contributed by atoms with Crippen molar-refractivity contribution in [2.75, 3.05) is 5.75 Å². The topological polar surface area (TPSA) is 0 Å². The first-order valence-corrected chi connectivity index (χ1v) is 7.45. The molecule has 1 heteroatoms. The zero-order valence-corrected chi connectivity index (χ0v) is 11.5. The number of hydrogen-bond donors (Lipinski definition) is 0. The molecule has 0 N–H and O–H groups in total. The standard InChI is InChI=1S/C16H20S/c1-3-7-15(17-4-2)12-14-11-10-13-8-5-6-9-16(13)14/h5-6,8-9,11-12H,3-4,7,10H2,1-2H3/b15-12+. The minimum absolute atomic E-state index is 1.10. The summed E-state index contributed by atoms with van der Waals surface area (Å²) in [7, 11) is 0. The predicted molar refractivity (Wildman–Crippen MR) is 79.2 cm³/mol. The van der Waals surface area contributed by atoms with Crippen LogP contribution in [0.25, 0.3) is 5.57 Å². The van der Waals surface area contributed by atoms with E-state index < -0.39 is 0 Å². The van der Waals surface area contributed by atoms with E-state index in [0.29, 0.717) is 0 Å². The van der Waals surface area contributed by atoms with Gasteiger partial charge in [-0.2, -0.15) is 0 Å². The Morgan fingerprint density at radius 1 is 1.29 bits per heavy atom. The van der Waals surface area contributed by atoms with Gasteiger partial charge in [0.2, 0.25) is 0 Å². The van der Waals surface area contributed by atoms with E-state index in [2.05, 4.69) is 50.3 Å². The predicted octanol–water partition coefficient (Wildman–Crippen LogP) is 5.06. The van der Waals surface area contributed by atoms with Crippen molar-refractivity contribution in [2.24, 2.45) is 0 Å². The van der Waals surface area contributed by atoms with Crippen LogP contribution in [0.15, 0.2) is 41.3 Å². The Balaban J connectivity index is 2.21. The summed E-state index contributed by atoms with van der Waals surface area (Å²) in [5.41, 5.74) is 4.32. The highest BCUT2D eigenvalue weighted by Gasteiger charge is 2.11. The zero-order chi connectivity index (χ0) is 12.1. The molecule has 0 atom stereocenters. The van der Waals surface area contributed by atoms with Gasteiger partial charge in [-0.3, -0.25) is 0 Å². The fraction of sp³-hybridized carbons (Fsp3) is 0.375. The van der Waals surface area contributed by atoms with Crippen LogP contribution in [0, 0.1) is 0 Å². The molecule has 0 saturated carbocycles. The summed E-state index contributed by atoms with van der Waals surface area (Å²) in [4.78, 5) is 1.53. The highest BCUT2D eigenvalue weighted by molar-refractivity contribution is 8.03. The van der Waals surface area contributed by atoms with Crippen LogP contribution in [0.4, 0.5) is 0 Å². The molecule has 1 aromatic carbocycles. The van der Waals surface area contributed by atoms with Gasteiger partial charge in [0.05, 0.1) is 0 Å². The van der Waals surface area contributed by atoms with Crippen LogP contribution in [0.3, 0.4) is 0 Å². The maximum absolute atomic E-state index is 2.39. The van der Waals surface area contributed by atoms with Gasteiger partial charge in [-0.15, -0.1) is 11.8 Å². The molecule has 2 rings (SSSR count). The van der Waals surface area contributed by atoms with Gasteiger partial charge in [0.25, 0.3) is 0 Å². The van der Waals surface area contributed by atoms with Gasteiger partial charge in [-0.05, 0) is 46.3 Å². The summed E-state index contributed by atoms with van der Waals surface area (Å²) in [5.74, 6) is 1.17. The molecule has 0 unspecified atom stereocenters. The number of thioether (sulfide) groups is 1. The molecule has 0 aliphatic heterocycles. The minimum atomic E-state index is 1.10. The molecule has 0 saturated heterocycles. The normalized spacial score (nSPS) is 14.7. The van der Waals surface area contributed by atoms with Crippen LogP contribution in [0.1, 0.15) is 37.8 Å². The van der Waals surface area contributed by atoms with Crippen molar-refractivity contribution in [3.63, 3.8) is 0 Å². The first-order chi connectivity index (χ1) is 8.35. The van der Waals surface area contributed by atoms with Crippen LogP contribution in [0.2, 0.25) is 0 Å². The second-order valence-corrected chi connectivity index (χ2v) is 5.70. The largest absolute Gasteiger partial charge is 0.131 e. The van der Waals surface area contributed by atoms with E-state index in [4.69, 9.17) is 0 Å². The average molecular weight is 244 g/mol. The highest BCUT2D eigenvalue weighted by Crippen LogP contribution is 2.32. The molecule has 0 nitrogen and oxygen atoms in total. The third-order valence-corrected chi connectivity index (χ3v) is 3.99. The van der Waals surface area contributed by atoms with Crippen LogP contribution in [-0.4, -0.2) is 5.75 Å². The molecule has 0 aromatic heterocycles. The van der Waals surface area contributed by atoms with Gasteiger partial charge in [0, 0.05) is 0 Å². The van der Waals surface area contributed by atoms with E-state index >= 15 is 0 Å². The van der Waals surface area contributed by atoms with Crippen molar-refractivity contribution in [3.05, 3.63) is 52.4 Å². The number of rotatable bonds is 5. The second-order valence-electron chi connectivity index (χ2n) is 4.31. The molecule has 0 bridgehead atoms. The maximum atomic E-state index is 2.39. The number of allylic oxidation sites excluding steroid dienone is 4. The van der Waals surface area contributed by atoms with Gasteiger partial charge < -0.3 is 0 Å². The molecule has 0 radical (unpaired) electrons. The Kier molecular flexibility index (Phi) is 4.49. The molecular weight excluding hydrogens is 224 g/mol. The summed E-state index contributed by atoms with van der Waals surface area (Å²) in [5, 5.41) is 0. The molecule has 0 amide bonds. The molecule has 0 fully saturated rings. The first kappa shape index (κ1) is 12.5. The van der Waals surface area contributed by atoms with E-state index in [-0.39, 0.29) is 0 Å². The lowest BCUT2D eigenvalue weighted by molar-refractivity contribution is 0.947. The lowest BCUT2D eigenvalue weighted by Gasteiger charge is -2.06. The summed E-state index contributed by atoms with van der Waals surface area (Å²) < 4.78 is 0. The number of benzene rings is 1. The van der Waals surface area contributed by atoms with E-state index in [0.717, 1.165) is 6.42 Å². The van der Waals surface area contributed by atoms with Crippen LogP contribution >= 0.6 is 11.8 Å². The van der Waals surface area contributed by atoms with E-state index in [1.54, 1.807) is 0 Å². The average Bonchev–Trinajstić information content (AvgIpc) is 2.74. The molecule has 17 heavy (non-hydrogen) atoms. The lowest BCUT2D eigenvalue weighted by atomic mass is 10.1. The van der Waals surface area contributed by atoms with Gasteiger partial charge in [0.15, 0.2) is 0 Å². The Morgan fingerprint density at radius 2 is 2.12 bits per heavy atom. The Hall–Kier alpha value is -0.950. The van der Waals surface area contributed by atoms with Crippen LogP contribution in [-0.2, 0) is 6.42 Å². The smallest absolute Gasteiger partial charge is 0.00517 e. The van der Waals surface area contributed by atoms with Crippen molar-refractivity contribution < 1.29 is 0 Å². The van der Waals surface area contributed by atoms with Crippen LogP contribution in [0.5, 0.6) is 0 Å². The van der Waals surface area contributed by atoms with Gasteiger partial charge in [0.1, 0.15) is 0 Å². The van der Waals surface area contributed by atoms with Gasteiger partial charge in [-0.25, -0.2) is 0 Å². The van der Waals surface area contributed by atoms with Crippen molar-refractivity contribution in [1.29, 1.82) is 0 Å². The van der Waals surface area contributed by atoms with Crippen molar-refractivity contribution in [2.45, 2.75) is 33.1 Å². The number of hydrogen-bond acceptors (Lipinski definition) is 1. The fourth-order valence-corrected chi connectivity index (χ4v) is 3.17. The summed E-state index contributed by atoms with van der Waals surface area (Å²) in [6.07, 6.45) is 8.28. The molecule has 1 aliphatic rings. The van der Waals surface area contributed by atoms with E-state index in [9.17, 15) is 0 Å². The first-order valence-electron chi connectivity index (χ1n) is 6.47. The third kappa shape index (κ3) is 3.04. The summed E-state index contributed by atoms with van der Waals surface area (Å²) in [6.45, 7) is 4.48. The molecular formula is C16H20S. The van der Waals surface area contributed by atoms with E-state index in [1.807, 2.05) is 11.8 Å². The van der Waals surface area contributed by atoms with Crippen molar-refractivity contribution >= 4 is 17.3 Å². The maximum Gasteiger partial charge on any atom is -0.00517 e. The van der Waals surface area contributed by atoms with Crippen molar-refractivity contribution in [1.82, 2.24) is 0 Å². The summed E-state index contributed by atoms with van der Waals surface area (Å²) in [6, 6.07) is 8.75. The van der Waals surface area contributed by atoms with Crippen molar-refractivity contribution in [3.8, 4) is 0 Å². The molecule has 0 spiro atoms.